The Morgan fingerprint density at radius 2 is 2.20 bits per heavy atom. The summed E-state index contributed by atoms with van der Waals surface area (Å²) < 4.78 is 0. The van der Waals surface area contributed by atoms with Crippen LogP contribution in [0.25, 0.3) is 0 Å². The Morgan fingerprint density at radius 1 is 1.45 bits per heavy atom. The highest BCUT2D eigenvalue weighted by atomic mass is 35.5. The molecule has 2 N–H and O–H groups in total. The van der Waals surface area contributed by atoms with Crippen molar-refractivity contribution in [2.75, 3.05) is 19.4 Å². The number of nitrogens with zero attached hydrogens (tertiary/aromatic N) is 2. The molecule has 2 aromatic rings. The summed E-state index contributed by atoms with van der Waals surface area (Å²) in [4.78, 5) is 13.7. The number of hydrogen-bond acceptors (Lipinski definition) is 3. The molecule has 0 radical (unpaired) electrons. The molecule has 0 saturated heterocycles. The van der Waals surface area contributed by atoms with E-state index in [-0.39, 0.29) is 5.91 Å². The number of anilines is 1. The predicted octanol–water partition coefficient (Wildman–Crippen LogP) is 2.69. The molecule has 0 unspecified atom stereocenters. The van der Waals surface area contributed by atoms with E-state index in [0.29, 0.717) is 17.1 Å². The summed E-state index contributed by atoms with van der Waals surface area (Å²) in [5.41, 5.74) is 3.37. The molecule has 0 aliphatic rings. The van der Waals surface area contributed by atoms with Gasteiger partial charge in [-0.25, -0.2) is 0 Å². The molecule has 1 heterocycles. The Hall–Kier alpha value is -2.01. The van der Waals surface area contributed by atoms with Crippen LogP contribution >= 0.6 is 11.6 Å². The topological polar surface area (TPSA) is 61.0 Å². The number of aromatic amines is 1. The standard InChI is InChI=1S/C14H17ClN4O/c1-9-10(8-17-18-9)7-16-13-6-11(15)4-5-12(13)14(20)19(2)3/h4-6,8,16H,7H2,1-3H3,(H,17,18). The van der Waals surface area contributed by atoms with Crippen LogP contribution in [0.2, 0.25) is 5.02 Å². The van der Waals surface area contributed by atoms with Crippen LogP contribution in [-0.2, 0) is 6.54 Å². The Bertz CT molecular complexity index is 621. The Labute approximate surface area is 122 Å². The molecule has 1 aromatic carbocycles. The van der Waals surface area contributed by atoms with Crippen LogP contribution in [0.15, 0.2) is 24.4 Å². The van der Waals surface area contributed by atoms with Crippen molar-refractivity contribution in [1.29, 1.82) is 0 Å². The molecule has 0 aliphatic carbocycles. The van der Waals surface area contributed by atoms with E-state index in [1.54, 1.807) is 38.5 Å². The van der Waals surface area contributed by atoms with Crippen molar-refractivity contribution in [3.8, 4) is 0 Å². The fraction of sp³-hybridized carbons (Fsp3) is 0.286. The van der Waals surface area contributed by atoms with E-state index in [1.165, 1.54) is 4.90 Å². The van der Waals surface area contributed by atoms with Crippen molar-refractivity contribution in [2.45, 2.75) is 13.5 Å². The fourth-order valence-electron chi connectivity index (χ4n) is 1.83. The number of aromatic nitrogens is 2. The van der Waals surface area contributed by atoms with Crippen molar-refractivity contribution in [2.24, 2.45) is 0 Å². The number of amides is 1. The zero-order valence-corrected chi connectivity index (χ0v) is 12.5. The molecule has 0 spiro atoms. The Morgan fingerprint density at radius 3 is 2.80 bits per heavy atom. The van der Waals surface area contributed by atoms with Crippen LogP contribution in [0.5, 0.6) is 0 Å². The van der Waals surface area contributed by atoms with E-state index in [2.05, 4.69) is 15.5 Å². The van der Waals surface area contributed by atoms with Crippen LogP contribution in [0.4, 0.5) is 5.69 Å². The SMILES string of the molecule is Cc1[nH]ncc1CNc1cc(Cl)ccc1C(=O)N(C)C. The zero-order valence-electron chi connectivity index (χ0n) is 11.7. The quantitative estimate of drug-likeness (QED) is 0.911. The average Bonchev–Trinajstić information content (AvgIpc) is 2.81. The van der Waals surface area contributed by atoms with Crippen LogP contribution in [0.3, 0.4) is 0 Å². The van der Waals surface area contributed by atoms with Crippen molar-refractivity contribution in [3.05, 3.63) is 46.2 Å². The maximum atomic E-state index is 12.1. The van der Waals surface area contributed by atoms with Gasteiger partial charge in [-0.1, -0.05) is 11.6 Å². The van der Waals surface area contributed by atoms with Gasteiger partial charge in [0.1, 0.15) is 0 Å². The highest BCUT2D eigenvalue weighted by Crippen LogP contribution is 2.23. The molecule has 6 heteroatoms. The lowest BCUT2D eigenvalue weighted by Gasteiger charge is -2.15. The predicted molar refractivity (Wildman–Crippen MR) is 80.1 cm³/mol. The molecule has 106 valence electrons. The Balaban J connectivity index is 2.24. The summed E-state index contributed by atoms with van der Waals surface area (Å²) in [6, 6.07) is 5.20. The van der Waals surface area contributed by atoms with Crippen molar-refractivity contribution >= 4 is 23.2 Å². The molecule has 20 heavy (non-hydrogen) atoms. The molecule has 5 nitrogen and oxygen atoms in total. The van der Waals surface area contributed by atoms with Crippen molar-refractivity contribution in [1.82, 2.24) is 15.1 Å². The van der Waals surface area contributed by atoms with Crippen molar-refractivity contribution in [3.63, 3.8) is 0 Å². The minimum absolute atomic E-state index is 0.0620. The number of carbonyl (C=O) groups is 1. The third kappa shape index (κ3) is 3.11. The van der Waals surface area contributed by atoms with Gasteiger partial charge in [-0.3, -0.25) is 9.89 Å². The van der Waals surface area contributed by atoms with Crippen LogP contribution in [0.1, 0.15) is 21.6 Å². The molecule has 0 fully saturated rings. The number of nitrogens with one attached hydrogen (secondary N) is 2. The van der Waals surface area contributed by atoms with Gasteiger partial charge in [-0.15, -0.1) is 0 Å². The number of halogens is 1. The van der Waals surface area contributed by atoms with Crippen LogP contribution in [-0.4, -0.2) is 35.1 Å². The maximum Gasteiger partial charge on any atom is 0.255 e. The van der Waals surface area contributed by atoms with Gasteiger partial charge in [-0.05, 0) is 25.1 Å². The third-order valence-corrected chi connectivity index (χ3v) is 3.26. The van der Waals surface area contributed by atoms with Gasteiger partial charge in [0.15, 0.2) is 0 Å². The van der Waals surface area contributed by atoms with Crippen LogP contribution < -0.4 is 5.32 Å². The monoisotopic (exact) mass is 292 g/mol. The zero-order chi connectivity index (χ0) is 14.7. The normalized spacial score (nSPS) is 10.4. The van der Waals surface area contributed by atoms with Gasteiger partial charge in [0.05, 0.1) is 11.8 Å². The number of hydrogen-bond donors (Lipinski definition) is 2. The first-order chi connectivity index (χ1) is 9.49. The second-order valence-electron chi connectivity index (χ2n) is 4.76. The molecule has 0 atom stereocenters. The maximum absolute atomic E-state index is 12.1. The van der Waals surface area contributed by atoms with Crippen molar-refractivity contribution < 1.29 is 4.79 Å². The summed E-state index contributed by atoms with van der Waals surface area (Å²) >= 11 is 6.01. The summed E-state index contributed by atoms with van der Waals surface area (Å²) in [7, 11) is 3.45. The van der Waals surface area contributed by atoms with E-state index in [9.17, 15) is 4.79 Å². The minimum Gasteiger partial charge on any atom is -0.380 e. The molecule has 0 aliphatic heterocycles. The van der Waals surface area contributed by atoms with Gasteiger partial charge >= 0.3 is 0 Å². The lowest BCUT2D eigenvalue weighted by atomic mass is 10.1. The second kappa shape index (κ2) is 5.96. The van der Waals surface area contributed by atoms with E-state index in [1.807, 2.05) is 6.92 Å². The molecule has 1 amide bonds. The van der Waals surface area contributed by atoms with E-state index in [0.717, 1.165) is 16.9 Å². The molecule has 0 bridgehead atoms. The lowest BCUT2D eigenvalue weighted by molar-refractivity contribution is 0.0828. The number of H-pyrrole nitrogens is 1. The molecule has 0 saturated carbocycles. The van der Waals surface area contributed by atoms with E-state index < -0.39 is 0 Å². The largest absolute Gasteiger partial charge is 0.380 e. The van der Waals surface area contributed by atoms with Gasteiger partial charge in [0, 0.05) is 42.6 Å². The second-order valence-corrected chi connectivity index (χ2v) is 5.20. The number of carbonyl (C=O) groups excluding carboxylic acids is 1. The smallest absolute Gasteiger partial charge is 0.255 e. The fourth-order valence-corrected chi connectivity index (χ4v) is 2.01. The molecular weight excluding hydrogens is 276 g/mol. The number of aryl methyl sites for hydroxylation is 1. The first-order valence-corrected chi connectivity index (χ1v) is 6.60. The van der Waals surface area contributed by atoms with Gasteiger partial charge < -0.3 is 10.2 Å². The highest BCUT2D eigenvalue weighted by molar-refractivity contribution is 6.31. The highest BCUT2D eigenvalue weighted by Gasteiger charge is 2.14. The molecule has 2 rings (SSSR count). The first kappa shape index (κ1) is 14.4. The minimum atomic E-state index is -0.0620. The van der Waals surface area contributed by atoms with Crippen LogP contribution in [0, 0.1) is 6.92 Å². The summed E-state index contributed by atoms with van der Waals surface area (Å²) in [5, 5.41) is 10.7. The van der Waals surface area contributed by atoms with E-state index >= 15 is 0 Å². The lowest BCUT2D eigenvalue weighted by Crippen LogP contribution is -2.23. The molecular formula is C14H17ClN4O. The summed E-state index contributed by atoms with van der Waals surface area (Å²) in [6.07, 6.45) is 1.76. The third-order valence-electron chi connectivity index (χ3n) is 3.02. The van der Waals surface area contributed by atoms with Gasteiger partial charge in [0.2, 0.25) is 0 Å². The summed E-state index contributed by atoms with van der Waals surface area (Å²) in [6.45, 7) is 2.53. The Kier molecular flexibility index (Phi) is 4.29. The van der Waals surface area contributed by atoms with Gasteiger partial charge in [-0.2, -0.15) is 5.10 Å². The molecule has 1 aromatic heterocycles. The average molecular weight is 293 g/mol. The first-order valence-electron chi connectivity index (χ1n) is 6.23. The van der Waals surface area contributed by atoms with E-state index in [4.69, 9.17) is 11.6 Å². The summed E-state index contributed by atoms with van der Waals surface area (Å²) in [5.74, 6) is -0.0620. The van der Waals surface area contributed by atoms with Gasteiger partial charge in [0.25, 0.3) is 5.91 Å². The number of rotatable bonds is 4. The number of benzene rings is 1.